The van der Waals surface area contributed by atoms with Crippen LogP contribution in [0.4, 0.5) is 24.0 Å². The second-order valence-electron chi connectivity index (χ2n) is 22.2. The van der Waals surface area contributed by atoms with E-state index in [1.54, 1.807) is 72.3 Å². The van der Waals surface area contributed by atoms with Crippen molar-refractivity contribution in [3.05, 3.63) is 173 Å². The van der Waals surface area contributed by atoms with Crippen LogP contribution in [0.1, 0.15) is 73.9 Å². The third kappa shape index (κ3) is 35.6. The number of rotatable bonds is 29. The first-order chi connectivity index (χ1) is 51.9. The number of aromatic nitrogens is 3. The van der Waals surface area contributed by atoms with Gasteiger partial charge in [0.2, 0.25) is 0 Å². The van der Waals surface area contributed by atoms with E-state index in [9.17, 15) is 47.9 Å². The van der Waals surface area contributed by atoms with Gasteiger partial charge in [0.05, 0.1) is 59.1 Å². The van der Waals surface area contributed by atoms with Crippen LogP contribution < -0.4 is 62.6 Å². The van der Waals surface area contributed by atoms with Crippen LogP contribution in [0.3, 0.4) is 0 Å². The summed E-state index contributed by atoms with van der Waals surface area (Å²) in [5.74, 6) is 1.04. The lowest BCUT2D eigenvalue weighted by atomic mass is 10.1. The van der Waals surface area contributed by atoms with Crippen molar-refractivity contribution in [2.45, 2.75) is 80.8 Å². The van der Waals surface area contributed by atoms with E-state index in [1.807, 2.05) is 91.0 Å². The molecule has 0 spiro atoms. The molecule has 10 amide bonds. The molecule has 34 heteroatoms. The maximum absolute atomic E-state index is 11.7. The topological polar surface area (TPSA) is 433 Å². The Morgan fingerprint density at radius 3 is 1.40 bits per heavy atom. The van der Waals surface area contributed by atoms with E-state index < -0.39 is 54.0 Å². The SMILES string of the molecule is CCOC(=O)CNC(=O)NCc1cc(C)on1.CCOC(=O)CNC(=O)NCc1cccc(-c2ncccn2)c1.CCOC(=O)CNC(=O)NCc1cccc(CN2CCOCC2)c1.CCOC(=O)CNC(=O)NCc1cccc2c1OCCO2.CCOC(=O)CNC(=O)NCc1ccccc1-c1ccco1. The second kappa shape index (κ2) is 50.1. The van der Waals surface area contributed by atoms with Crippen LogP contribution in [0.2, 0.25) is 0 Å². The molecule has 107 heavy (non-hydrogen) atoms. The highest BCUT2D eigenvalue weighted by Crippen LogP contribution is 2.33. The van der Waals surface area contributed by atoms with Crippen LogP contribution in [-0.4, -0.2) is 185 Å². The Bertz CT molecular complexity index is 3880. The highest BCUT2D eigenvalue weighted by Gasteiger charge is 2.18. The first-order valence-corrected chi connectivity index (χ1v) is 34.4. The first-order valence-electron chi connectivity index (χ1n) is 34.4. The van der Waals surface area contributed by atoms with Crippen LogP contribution in [0, 0.1) is 6.92 Å². The lowest BCUT2D eigenvalue weighted by molar-refractivity contribution is -0.142. The summed E-state index contributed by atoms with van der Waals surface area (Å²) < 4.78 is 50.1. The maximum atomic E-state index is 11.7. The van der Waals surface area contributed by atoms with Gasteiger partial charge in [0.25, 0.3) is 0 Å². The highest BCUT2D eigenvalue weighted by atomic mass is 16.6. The van der Waals surface area contributed by atoms with Crippen LogP contribution >= 0.6 is 0 Å². The minimum atomic E-state index is -0.472. The molecule has 576 valence electrons. The molecular weight excluding hydrogens is 1390 g/mol. The molecule has 2 aliphatic rings. The third-order valence-electron chi connectivity index (χ3n) is 14.1. The van der Waals surface area contributed by atoms with Gasteiger partial charge in [-0.3, -0.25) is 28.9 Å². The quantitative estimate of drug-likeness (QED) is 0.0194. The van der Waals surface area contributed by atoms with E-state index in [2.05, 4.69) is 90.1 Å². The molecule has 0 atom stereocenters. The second-order valence-corrected chi connectivity index (χ2v) is 22.2. The molecule has 4 aromatic carbocycles. The van der Waals surface area contributed by atoms with E-state index in [0.717, 1.165) is 72.0 Å². The van der Waals surface area contributed by atoms with Crippen LogP contribution in [0.5, 0.6) is 11.5 Å². The molecular formula is C73H94N14O20. The zero-order chi connectivity index (χ0) is 77.2. The fraction of sp³-hybridized carbons (Fsp3) is 0.384. The predicted octanol–water partition coefficient (Wildman–Crippen LogP) is 5.86. The molecule has 9 rings (SSSR count). The molecule has 1 saturated heterocycles. The Hall–Kier alpha value is -12.3. The van der Waals surface area contributed by atoms with Crippen molar-refractivity contribution in [2.75, 3.05) is 105 Å². The number of carbonyl (C=O) groups is 10. The summed E-state index contributed by atoms with van der Waals surface area (Å²) in [4.78, 5) is 124. The molecule has 0 radical (unpaired) electrons. The number of fused-ring (bicyclic) bond motifs is 1. The molecule has 0 bridgehead atoms. The summed E-state index contributed by atoms with van der Waals surface area (Å²) >= 11 is 0. The summed E-state index contributed by atoms with van der Waals surface area (Å²) in [5, 5.41) is 29.1. The molecule has 34 nitrogen and oxygen atoms in total. The van der Waals surface area contributed by atoms with Gasteiger partial charge in [-0.25, -0.2) is 33.9 Å². The van der Waals surface area contributed by atoms with Gasteiger partial charge in [0.15, 0.2) is 17.3 Å². The highest BCUT2D eigenvalue weighted by molar-refractivity contribution is 5.83. The summed E-state index contributed by atoms with van der Waals surface area (Å²) in [7, 11) is 0. The van der Waals surface area contributed by atoms with Crippen molar-refractivity contribution < 1.29 is 94.8 Å². The largest absolute Gasteiger partial charge is 0.486 e. The number of urea groups is 5. The van der Waals surface area contributed by atoms with Gasteiger partial charge < -0.3 is 100 Å². The van der Waals surface area contributed by atoms with E-state index in [4.69, 9.17) is 42.1 Å². The van der Waals surface area contributed by atoms with Gasteiger partial charge >= 0.3 is 60.0 Å². The smallest absolute Gasteiger partial charge is 0.325 e. The number of carbonyl (C=O) groups excluding carboxylic acids is 10. The summed E-state index contributed by atoms with van der Waals surface area (Å²) in [6, 6.07) is 33.8. The Labute approximate surface area is 619 Å². The lowest BCUT2D eigenvalue weighted by Crippen LogP contribution is -2.38. The summed E-state index contributed by atoms with van der Waals surface area (Å²) in [6.07, 6.45) is 4.96. The van der Waals surface area contributed by atoms with Gasteiger partial charge in [-0.15, -0.1) is 0 Å². The van der Waals surface area contributed by atoms with Crippen LogP contribution in [0.25, 0.3) is 22.7 Å². The van der Waals surface area contributed by atoms with Crippen molar-refractivity contribution in [3.63, 3.8) is 0 Å². The number of nitrogens with one attached hydrogen (secondary N) is 10. The van der Waals surface area contributed by atoms with Crippen molar-refractivity contribution in [2.24, 2.45) is 0 Å². The van der Waals surface area contributed by atoms with Crippen molar-refractivity contribution in [1.29, 1.82) is 0 Å². The number of hydrogen-bond acceptors (Lipinski definition) is 24. The molecule has 0 saturated carbocycles. The Morgan fingerprint density at radius 2 is 0.897 bits per heavy atom. The normalized spacial score (nSPS) is 11.5. The fourth-order valence-corrected chi connectivity index (χ4v) is 9.27. The number of furan rings is 1. The van der Waals surface area contributed by atoms with Gasteiger partial charge in [-0.05, 0) is 94.1 Å². The molecule has 7 aromatic rings. The lowest BCUT2D eigenvalue weighted by Gasteiger charge is -2.26. The van der Waals surface area contributed by atoms with Gasteiger partial charge in [0.1, 0.15) is 63.2 Å². The average molecular weight is 1490 g/mol. The van der Waals surface area contributed by atoms with Gasteiger partial charge in [0, 0.05) is 81.0 Å². The van der Waals surface area contributed by atoms with E-state index >= 15 is 0 Å². The first kappa shape index (κ1) is 85.3. The molecule has 5 heterocycles. The average Bonchev–Trinajstić information content (AvgIpc) is 1.48. The monoisotopic (exact) mass is 1490 g/mol. The maximum Gasteiger partial charge on any atom is 0.325 e. The Morgan fingerprint density at radius 1 is 0.439 bits per heavy atom. The molecule has 3 aromatic heterocycles. The minimum absolute atomic E-state index is 0.128. The zero-order valence-electron chi connectivity index (χ0n) is 60.7. The van der Waals surface area contributed by atoms with Crippen LogP contribution in [0.15, 0.2) is 143 Å². The summed E-state index contributed by atoms with van der Waals surface area (Å²) in [5.41, 5.74) is 7.28. The molecule has 0 unspecified atom stereocenters. The summed E-state index contributed by atoms with van der Waals surface area (Å²) in [6.45, 7) is 17.9. The Balaban J connectivity index is 0.000000241. The number of nitrogens with zero attached hydrogens (tertiary/aromatic N) is 4. The fourth-order valence-electron chi connectivity index (χ4n) is 9.27. The standard InChI is InChI=1S/C17H25N3O4.C16H18N4O3.C16H18N2O4.C14H18N2O5.C10H15N3O4/c1-2-24-16(21)12-19-17(22)18-11-14-4-3-5-15(10-14)13-20-6-8-23-9-7-20;1-2-23-14(21)11-20-16(22)19-10-12-5-3-6-13(9-12)15-17-7-4-8-18-15;1-2-21-15(19)11-18-16(20)17-10-12-6-3-4-7-13(12)14-8-5-9-22-14;1-2-19-12(17)9-16-14(18)15-8-10-4-3-5-11-13(10)21-7-6-20-11;1-3-16-9(14)6-12-10(15)11-5-8-4-7(2)17-13-8/h3-5,10H,2,6-9,11-13H2,1H3,(H2,18,19,22);3-9H,2,10-11H2,1H3,(H2,19,20,22);3-9H,2,10-11H2,1H3,(H2,17,18,20);3-5H,2,6-9H2,1H3,(H2,15,16,18);4H,3,5-6H2,1-2H3,(H2,11,12,15). The van der Waals surface area contributed by atoms with E-state index in [0.29, 0.717) is 81.4 Å². The molecule has 2 aliphatic heterocycles. The number of benzene rings is 4. The van der Waals surface area contributed by atoms with Crippen molar-refractivity contribution >= 4 is 60.0 Å². The van der Waals surface area contributed by atoms with E-state index in [-0.39, 0.29) is 65.1 Å². The number of esters is 5. The number of ether oxygens (including phenoxy) is 8. The minimum Gasteiger partial charge on any atom is -0.486 e. The number of amides is 10. The third-order valence-corrected chi connectivity index (χ3v) is 14.1. The zero-order valence-corrected chi connectivity index (χ0v) is 60.7. The number of aryl methyl sites for hydroxylation is 1. The molecule has 10 N–H and O–H groups in total. The van der Waals surface area contributed by atoms with Gasteiger partial charge in [-0.2, -0.15) is 0 Å². The van der Waals surface area contributed by atoms with E-state index in [1.165, 1.54) is 5.56 Å². The number of para-hydroxylation sites is 1. The Kier molecular flexibility index (Phi) is 40.0. The molecule has 0 aliphatic carbocycles. The van der Waals surface area contributed by atoms with Crippen LogP contribution in [-0.2, 0) is 91.7 Å². The van der Waals surface area contributed by atoms with Gasteiger partial charge in [-0.1, -0.05) is 84.0 Å². The van der Waals surface area contributed by atoms with Crippen molar-refractivity contribution in [1.82, 2.24) is 73.2 Å². The van der Waals surface area contributed by atoms with Crippen molar-refractivity contribution in [3.8, 4) is 34.2 Å². The predicted molar refractivity (Wildman–Crippen MR) is 387 cm³/mol. The number of hydrogen-bond donors (Lipinski definition) is 10. The number of morpholine rings is 1. The molecule has 1 fully saturated rings.